The summed E-state index contributed by atoms with van der Waals surface area (Å²) in [5, 5.41) is 2.87. The number of carbonyl (C=O) groups excluding carboxylic acids is 2. The maximum absolute atomic E-state index is 12.6. The first-order valence-corrected chi connectivity index (χ1v) is 8.94. The van der Waals surface area contributed by atoms with Gasteiger partial charge < -0.3 is 10.1 Å². The number of amides is 1. The second-order valence-electron chi connectivity index (χ2n) is 6.30. The van der Waals surface area contributed by atoms with E-state index >= 15 is 0 Å². The van der Waals surface area contributed by atoms with Gasteiger partial charge in [-0.25, -0.2) is 0 Å². The number of aliphatic imine (C=N–C) groups is 1. The molecule has 138 valence electrons. The molecule has 0 saturated carbocycles. The zero-order chi connectivity index (χ0) is 19.1. The molecule has 1 amide bonds. The fraction of sp³-hybridized carbons (Fsp3) is 0.227. The molecule has 5 nitrogen and oxygen atoms in total. The third kappa shape index (κ3) is 4.91. The van der Waals surface area contributed by atoms with E-state index in [2.05, 4.69) is 16.9 Å². The first kappa shape index (κ1) is 18.6. The Balaban J connectivity index is 1.73. The smallest absolute Gasteiger partial charge is 0.308 e. The Morgan fingerprint density at radius 3 is 2.67 bits per heavy atom. The Labute approximate surface area is 158 Å². The Morgan fingerprint density at radius 2 is 1.89 bits per heavy atom. The van der Waals surface area contributed by atoms with Crippen LogP contribution >= 0.6 is 0 Å². The van der Waals surface area contributed by atoms with E-state index in [0.717, 1.165) is 23.3 Å². The number of para-hydroxylation sites is 1. The average molecular weight is 362 g/mol. The minimum absolute atomic E-state index is 0.0930. The van der Waals surface area contributed by atoms with Gasteiger partial charge in [-0.2, -0.15) is 0 Å². The number of rotatable bonds is 7. The SMILES string of the molecule is C=CCCC1=N[C@@H](CC(=O)OCc2ccccc2)C(=O)Nc2ccccc21. The Bertz CT molecular complexity index is 859. The van der Waals surface area contributed by atoms with Crippen LogP contribution in [0.15, 0.2) is 72.2 Å². The summed E-state index contributed by atoms with van der Waals surface area (Å²) in [5.74, 6) is -0.746. The number of fused-ring (bicyclic) bond motifs is 1. The molecule has 1 aliphatic rings. The third-order valence-corrected chi connectivity index (χ3v) is 4.30. The Hall–Kier alpha value is -3.21. The molecular formula is C22H22N2O3. The van der Waals surface area contributed by atoms with E-state index < -0.39 is 12.0 Å². The van der Waals surface area contributed by atoms with Gasteiger partial charge in [0.25, 0.3) is 0 Å². The molecular weight excluding hydrogens is 340 g/mol. The summed E-state index contributed by atoms with van der Waals surface area (Å²) in [4.78, 5) is 29.4. The van der Waals surface area contributed by atoms with Crippen LogP contribution in [0.3, 0.4) is 0 Å². The first-order valence-electron chi connectivity index (χ1n) is 8.94. The molecule has 0 unspecified atom stereocenters. The Morgan fingerprint density at radius 1 is 1.15 bits per heavy atom. The molecule has 27 heavy (non-hydrogen) atoms. The van der Waals surface area contributed by atoms with Gasteiger partial charge >= 0.3 is 5.97 Å². The van der Waals surface area contributed by atoms with Crippen molar-refractivity contribution in [3.63, 3.8) is 0 Å². The molecule has 0 aliphatic carbocycles. The van der Waals surface area contributed by atoms with Crippen molar-refractivity contribution in [2.75, 3.05) is 5.32 Å². The minimum Gasteiger partial charge on any atom is -0.461 e. The molecule has 0 aromatic heterocycles. The quantitative estimate of drug-likeness (QED) is 0.600. The van der Waals surface area contributed by atoms with Crippen LogP contribution in [0.4, 0.5) is 5.69 Å². The number of ether oxygens (including phenoxy) is 1. The van der Waals surface area contributed by atoms with Crippen LogP contribution < -0.4 is 5.32 Å². The van der Waals surface area contributed by atoms with Crippen molar-refractivity contribution < 1.29 is 14.3 Å². The van der Waals surface area contributed by atoms with Crippen molar-refractivity contribution in [3.8, 4) is 0 Å². The molecule has 1 N–H and O–H groups in total. The van der Waals surface area contributed by atoms with Crippen LogP contribution in [0.2, 0.25) is 0 Å². The van der Waals surface area contributed by atoms with Crippen LogP contribution in [-0.2, 0) is 20.9 Å². The van der Waals surface area contributed by atoms with Crippen LogP contribution in [0.1, 0.15) is 30.4 Å². The summed E-state index contributed by atoms with van der Waals surface area (Å²) in [6, 6.07) is 16.2. The summed E-state index contributed by atoms with van der Waals surface area (Å²) in [5.41, 5.74) is 3.29. The maximum atomic E-state index is 12.6. The molecule has 1 heterocycles. The summed E-state index contributed by atoms with van der Waals surface area (Å²) >= 11 is 0. The van der Waals surface area contributed by atoms with Crippen molar-refractivity contribution in [1.82, 2.24) is 0 Å². The monoisotopic (exact) mass is 362 g/mol. The molecule has 1 atom stereocenters. The second-order valence-corrected chi connectivity index (χ2v) is 6.30. The van der Waals surface area contributed by atoms with E-state index in [9.17, 15) is 9.59 Å². The maximum Gasteiger partial charge on any atom is 0.308 e. The molecule has 0 fully saturated rings. The highest BCUT2D eigenvalue weighted by molar-refractivity contribution is 6.12. The fourth-order valence-corrected chi connectivity index (χ4v) is 2.91. The van der Waals surface area contributed by atoms with E-state index in [0.29, 0.717) is 12.1 Å². The number of allylic oxidation sites excluding steroid dienone is 1. The summed E-state index contributed by atoms with van der Waals surface area (Å²) in [6.07, 6.45) is 3.12. The van der Waals surface area contributed by atoms with Crippen molar-refractivity contribution in [2.45, 2.75) is 31.9 Å². The average Bonchev–Trinajstić information content (AvgIpc) is 2.82. The highest BCUT2D eigenvalue weighted by Gasteiger charge is 2.27. The van der Waals surface area contributed by atoms with Gasteiger partial charge in [0.2, 0.25) is 5.91 Å². The van der Waals surface area contributed by atoms with Gasteiger partial charge in [-0.15, -0.1) is 6.58 Å². The number of benzene rings is 2. The second kappa shape index (κ2) is 8.94. The highest BCUT2D eigenvalue weighted by Crippen LogP contribution is 2.23. The van der Waals surface area contributed by atoms with Gasteiger partial charge in [0.1, 0.15) is 12.6 Å². The molecule has 0 saturated heterocycles. The van der Waals surface area contributed by atoms with Gasteiger partial charge in [0, 0.05) is 17.0 Å². The molecule has 0 radical (unpaired) electrons. The zero-order valence-electron chi connectivity index (χ0n) is 15.1. The predicted octanol–water partition coefficient (Wildman–Crippen LogP) is 3.90. The van der Waals surface area contributed by atoms with E-state index in [1.807, 2.05) is 60.7 Å². The highest BCUT2D eigenvalue weighted by atomic mass is 16.5. The summed E-state index contributed by atoms with van der Waals surface area (Å²) in [7, 11) is 0. The molecule has 1 aliphatic heterocycles. The molecule has 0 spiro atoms. The topological polar surface area (TPSA) is 67.8 Å². The minimum atomic E-state index is -0.805. The number of nitrogens with zero attached hydrogens (tertiary/aromatic N) is 1. The van der Waals surface area contributed by atoms with Gasteiger partial charge in [-0.05, 0) is 24.5 Å². The van der Waals surface area contributed by atoms with Gasteiger partial charge in [-0.3, -0.25) is 14.6 Å². The number of carbonyl (C=O) groups is 2. The lowest BCUT2D eigenvalue weighted by atomic mass is 10.0. The van der Waals surface area contributed by atoms with E-state index in [1.54, 1.807) is 0 Å². The van der Waals surface area contributed by atoms with Crippen LogP contribution in [0, 0.1) is 0 Å². The normalized spacial score (nSPS) is 15.8. The van der Waals surface area contributed by atoms with Crippen molar-refractivity contribution in [1.29, 1.82) is 0 Å². The van der Waals surface area contributed by atoms with Crippen molar-refractivity contribution in [3.05, 3.63) is 78.4 Å². The summed E-state index contributed by atoms with van der Waals surface area (Å²) < 4.78 is 5.31. The van der Waals surface area contributed by atoms with Gasteiger partial charge in [0.15, 0.2) is 0 Å². The standard InChI is InChI=1S/C22H22N2O3/c1-2-3-12-18-17-11-7-8-13-19(17)24-22(26)20(23-18)14-21(25)27-15-16-9-5-4-6-10-16/h2,4-11,13,20H,1,3,12,14-15H2,(H,24,26)/t20-/m0/s1. The molecule has 3 rings (SSSR count). The van der Waals surface area contributed by atoms with Crippen LogP contribution in [0.25, 0.3) is 0 Å². The van der Waals surface area contributed by atoms with Gasteiger partial charge in [0.05, 0.1) is 6.42 Å². The first-order chi connectivity index (χ1) is 13.2. The number of benzodiazepines with no additional fused rings is 1. The van der Waals surface area contributed by atoms with E-state index in [1.165, 1.54) is 0 Å². The lowest BCUT2D eigenvalue weighted by Gasteiger charge is -2.11. The summed E-state index contributed by atoms with van der Waals surface area (Å²) in [6.45, 7) is 3.93. The van der Waals surface area contributed by atoms with E-state index in [4.69, 9.17) is 4.74 Å². The molecule has 2 aromatic rings. The molecule has 0 bridgehead atoms. The predicted molar refractivity (Wildman–Crippen MR) is 106 cm³/mol. The number of hydrogen-bond acceptors (Lipinski definition) is 4. The number of hydrogen-bond donors (Lipinski definition) is 1. The van der Waals surface area contributed by atoms with Crippen molar-refractivity contribution in [2.24, 2.45) is 4.99 Å². The Kier molecular flexibility index (Phi) is 6.15. The fourth-order valence-electron chi connectivity index (χ4n) is 2.91. The van der Waals surface area contributed by atoms with Crippen LogP contribution in [0.5, 0.6) is 0 Å². The number of nitrogens with one attached hydrogen (secondary N) is 1. The lowest BCUT2D eigenvalue weighted by molar-refractivity contribution is -0.146. The van der Waals surface area contributed by atoms with E-state index in [-0.39, 0.29) is 18.9 Å². The lowest BCUT2D eigenvalue weighted by Crippen LogP contribution is -2.28. The number of esters is 1. The van der Waals surface area contributed by atoms with Crippen molar-refractivity contribution >= 4 is 23.3 Å². The van der Waals surface area contributed by atoms with Gasteiger partial charge in [-0.1, -0.05) is 54.6 Å². The number of anilines is 1. The molecule has 5 heteroatoms. The molecule has 2 aromatic carbocycles. The zero-order valence-corrected chi connectivity index (χ0v) is 15.1. The third-order valence-electron chi connectivity index (χ3n) is 4.30. The van der Waals surface area contributed by atoms with Crippen LogP contribution in [-0.4, -0.2) is 23.6 Å². The largest absolute Gasteiger partial charge is 0.461 e.